The van der Waals surface area contributed by atoms with E-state index in [9.17, 15) is 35.9 Å². The van der Waals surface area contributed by atoms with E-state index in [4.69, 9.17) is 5.11 Å². The van der Waals surface area contributed by atoms with Gasteiger partial charge in [0.1, 0.15) is 0 Å². The Bertz CT molecular complexity index is 403. The quantitative estimate of drug-likeness (QED) is 0.596. The zero-order valence-corrected chi connectivity index (χ0v) is 12.0. The van der Waals surface area contributed by atoms with Crippen molar-refractivity contribution in [2.24, 2.45) is 23.7 Å². The minimum Gasteiger partial charge on any atom is -0.481 e. The Hall–Kier alpha value is -1.48. The summed E-state index contributed by atoms with van der Waals surface area (Å²) < 4.78 is 80.9. The molecule has 4 nitrogen and oxygen atoms in total. The van der Waals surface area contributed by atoms with E-state index in [2.05, 4.69) is 4.74 Å². The standard InChI is InChI=1S/C12H16F6O4/c1-4-22-10(21)8(6(3)12(16,17)18)7(9(19)20)5(2)11(13,14)15/h5-8H,4H2,1-3H3,(H,19,20). The summed E-state index contributed by atoms with van der Waals surface area (Å²) in [6.45, 7) is 1.75. The van der Waals surface area contributed by atoms with Gasteiger partial charge in [-0.05, 0) is 6.92 Å². The summed E-state index contributed by atoms with van der Waals surface area (Å²) in [6.07, 6.45) is -10.1. The monoisotopic (exact) mass is 338 g/mol. The number of carboxylic acids is 1. The molecule has 0 spiro atoms. The first-order chi connectivity index (χ1) is 9.75. The largest absolute Gasteiger partial charge is 0.481 e. The van der Waals surface area contributed by atoms with Crippen molar-refractivity contribution in [3.63, 3.8) is 0 Å². The maximum Gasteiger partial charge on any atom is 0.392 e. The SMILES string of the molecule is CCOC(=O)C(C(C(=O)O)C(C)C(F)(F)F)C(C)C(F)(F)F. The van der Waals surface area contributed by atoms with Crippen LogP contribution in [0.1, 0.15) is 20.8 Å². The number of ether oxygens (including phenoxy) is 1. The normalized spacial score (nSPS) is 18.2. The predicted octanol–water partition coefficient (Wildman–Crippen LogP) is 3.26. The number of aliphatic carboxylic acids is 1. The van der Waals surface area contributed by atoms with Crippen LogP contribution in [-0.2, 0) is 14.3 Å². The van der Waals surface area contributed by atoms with E-state index in [1.54, 1.807) is 0 Å². The van der Waals surface area contributed by atoms with Crippen molar-refractivity contribution in [3.05, 3.63) is 0 Å². The van der Waals surface area contributed by atoms with E-state index >= 15 is 0 Å². The Morgan fingerprint density at radius 2 is 1.32 bits per heavy atom. The lowest BCUT2D eigenvalue weighted by Gasteiger charge is -2.32. The summed E-state index contributed by atoms with van der Waals surface area (Å²) in [5.74, 6) is -14.1. The highest BCUT2D eigenvalue weighted by atomic mass is 19.4. The lowest BCUT2D eigenvalue weighted by atomic mass is 9.75. The van der Waals surface area contributed by atoms with E-state index in [0.29, 0.717) is 13.8 Å². The third kappa shape index (κ3) is 5.06. The number of carboxylic acid groups (broad SMARTS) is 1. The van der Waals surface area contributed by atoms with Crippen molar-refractivity contribution < 1.29 is 45.8 Å². The topological polar surface area (TPSA) is 63.6 Å². The van der Waals surface area contributed by atoms with Gasteiger partial charge in [0.05, 0.1) is 30.3 Å². The zero-order valence-electron chi connectivity index (χ0n) is 12.0. The Labute approximate surface area is 122 Å². The number of carbonyl (C=O) groups is 2. The summed E-state index contributed by atoms with van der Waals surface area (Å²) in [5, 5.41) is 8.93. The number of rotatable bonds is 6. The van der Waals surface area contributed by atoms with Crippen molar-refractivity contribution in [3.8, 4) is 0 Å². The fraction of sp³-hybridized carbons (Fsp3) is 0.833. The Balaban J connectivity index is 5.88. The van der Waals surface area contributed by atoms with Gasteiger partial charge in [0, 0.05) is 0 Å². The van der Waals surface area contributed by atoms with E-state index in [1.165, 1.54) is 6.92 Å². The lowest BCUT2D eigenvalue weighted by molar-refractivity contribution is -0.223. The predicted molar refractivity (Wildman–Crippen MR) is 61.7 cm³/mol. The number of halogens is 6. The van der Waals surface area contributed by atoms with Crippen LogP contribution in [0.2, 0.25) is 0 Å². The molecule has 130 valence electrons. The van der Waals surface area contributed by atoms with Crippen LogP contribution in [0.25, 0.3) is 0 Å². The molecule has 22 heavy (non-hydrogen) atoms. The van der Waals surface area contributed by atoms with Crippen LogP contribution in [0.5, 0.6) is 0 Å². The van der Waals surface area contributed by atoms with Gasteiger partial charge in [-0.15, -0.1) is 0 Å². The van der Waals surface area contributed by atoms with Gasteiger partial charge in [0.25, 0.3) is 0 Å². The second kappa shape index (κ2) is 7.19. The summed E-state index contributed by atoms with van der Waals surface area (Å²) in [7, 11) is 0. The smallest absolute Gasteiger partial charge is 0.392 e. The van der Waals surface area contributed by atoms with Crippen LogP contribution in [0.15, 0.2) is 0 Å². The molecule has 0 amide bonds. The van der Waals surface area contributed by atoms with Crippen molar-refractivity contribution in [2.75, 3.05) is 6.61 Å². The minimum atomic E-state index is -5.07. The summed E-state index contributed by atoms with van der Waals surface area (Å²) in [6, 6.07) is 0. The van der Waals surface area contributed by atoms with Crippen LogP contribution in [0.4, 0.5) is 26.3 Å². The van der Waals surface area contributed by atoms with Crippen molar-refractivity contribution in [1.29, 1.82) is 0 Å². The average molecular weight is 338 g/mol. The molecule has 0 bridgehead atoms. The highest BCUT2D eigenvalue weighted by Gasteiger charge is 2.56. The highest BCUT2D eigenvalue weighted by molar-refractivity contribution is 5.81. The molecular weight excluding hydrogens is 322 g/mol. The molecule has 0 aromatic heterocycles. The third-order valence-corrected chi connectivity index (χ3v) is 3.34. The molecule has 10 heteroatoms. The van der Waals surface area contributed by atoms with Crippen molar-refractivity contribution in [2.45, 2.75) is 33.1 Å². The number of hydrogen-bond donors (Lipinski definition) is 1. The van der Waals surface area contributed by atoms with Crippen LogP contribution < -0.4 is 0 Å². The van der Waals surface area contributed by atoms with E-state index in [0.717, 1.165) is 0 Å². The lowest BCUT2D eigenvalue weighted by Crippen LogP contribution is -2.47. The van der Waals surface area contributed by atoms with Gasteiger partial charge < -0.3 is 9.84 Å². The molecule has 4 atom stereocenters. The van der Waals surface area contributed by atoms with Gasteiger partial charge in [-0.1, -0.05) is 13.8 Å². The highest BCUT2D eigenvalue weighted by Crippen LogP contribution is 2.43. The first-order valence-electron chi connectivity index (χ1n) is 6.28. The molecule has 0 fully saturated rings. The molecule has 1 N–H and O–H groups in total. The first kappa shape index (κ1) is 20.5. The van der Waals surface area contributed by atoms with Gasteiger partial charge in [-0.2, -0.15) is 26.3 Å². The summed E-state index contributed by atoms with van der Waals surface area (Å²) >= 11 is 0. The second-order valence-electron chi connectivity index (χ2n) is 4.80. The number of esters is 1. The molecule has 0 aromatic rings. The van der Waals surface area contributed by atoms with Crippen LogP contribution >= 0.6 is 0 Å². The van der Waals surface area contributed by atoms with Crippen LogP contribution in [0.3, 0.4) is 0 Å². The van der Waals surface area contributed by atoms with Gasteiger partial charge in [0.2, 0.25) is 0 Å². The molecule has 0 rings (SSSR count). The Morgan fingerprint density at radius 1 is 0.955 bits per heavy atom. The van der Waals surface area contributed by atoms with Crippen LogP contribution in [0, 0.1) is 23.7 Å². The van der Waals surface area contributed by atoms with Crippen molar-refractivity contribution in [1.82, 2.24) is 0 Å². The Morgan fingerprint density at radius 3 is 1.59 bits per heavy atom. The second-order valence-corrected chi connectivity index (χ2v) is 4.80. The average Bonchev–Trinajstić information content (AvgIpc) is 2.31. The molecule has 0 saturated heterocycles. The molecule has 0 aliphatic heterocycles. The van der Waals surface area contributed by atoms with Gasteiger partial charge in [-0.3, -0.25) is 9.59 Å². The zero-order chi connectivity index (χ0) is 17.9. The third-order valence-electron chi connectivity index (χ3n) is 3.34. The molecule has 0 aliphatic rings. The van der Waals surface area contributed by atoms with Gasteiger partial charge in [0.15, 0.2) is 0 Å². The van der Waals surface area contributed by atoms with E-state index in [-0.39, 0.29) is 6.61 Å². The van der Waals surface area contributed by atoms with Crippen LogP contribution in [-0.4, -0.2) is 36.0 Å². The molecule has 0 heterocycles. The molecule has 0 aromatic carbocycles. The molecule has 0 saturated carbocycles. The molecule has 0 radical (unpaired) electrons. The van der Waals surface area contributed by atoms with Gasteiger partial charge in [-0.25, -0.2) is 0 Å². The first-order valence-corrected chi connectivity index (χ1v) is 6.28. The fourth-order valence-corrected chi connectivity index (χ4v) is 1.99. The molecule has 0 aliphatic carbocycles. The van der Waals surface area contributed by atoms with Gasteiger partial charge >= 0.3 is 24.3 Å². The summed E-state index contributed by atoms with van der Waals surface area (Å²) in [5.41, 5.74) is 0. The Kier molecular flexibility index (Phi) is 6.70. The van der Waals surface area contributed by atoms with E-state index < -0.39 is 48.0 Å². The maximum absolute atomic E-state index is 12.8. The number of hydrogen-bond acceptors (Lipinski definition) is 3. The summed E-state index contributed by atoms with van der Waals surface area (Å²) in [4.78, 5) is 22.7. The maximum atomic E-state index is 12.8. The fourth-order valence-electron chi connectivity index (χ4n) is 1.99. The van der Waals surface area contributed by atoms with Crippen molar-refractivity contribution >= 4 is 11.9 Å². The molecule has 4 unspecified atom stereocenters. The number of alkyl halides is 6. The molecular formula is C12H16F6O4. The minimum absolute atomic E-state index is 0.382. The van der Waals surface area contributed by atoms with E-state index in [1.807, 2.05) is 0 Å². The number of carbonyl (C=O) groups excluding carboxylic acids is 1.